The van der Waals surface area contributed by atoms with Crippen LogP contribution in [0, 0.1) is 0 Å². The summed E-state index contributed by atoms with van der Waals surface area (Å²) in [6.07, 6.45) is 1.93. The van der Waals surface area contributed by atoms with Crippen molar-refractivity contribution in [2.75, 3.05) is 0 Å². The molecule has 5 heteroatoms. The van der Waals surface area contributed by atoms with Crippen molar-refractivity contribution in [2.24, 2.45) is 7.05 Å². The molecule has 0 amide bonds. The summed E-state index contributed by atoms with van der Waals surface area (Å²) in [6, 6.07) is 7.90. The Kier molecular flexibility index (Phi) is 4.20. The highest BCUT2D eigenvalue weighted by Crippen LogP contribution is 2.21. The van der Waals surface area contributed by atoms with Gasteiger partial charge in [0.15, 0.2) is 0 Å². The first-order valence-corrected chi connectivity index (χ1v) is 6.45. The molecule has 0 aliphatic rings. The summed E-state index contributed by atoms with van der Waals surface area (Å²) in [5, 5.41) is 8.38. The van der Waals surface area contributed by atoms with Crippen LogP contribution in [0.3, 0.4) is 0 Å². The largest absolute Gasteiger partial charge is 0.307 e. The summed E-state index contributed by atoms with van der Waals surface area (Å²) in [4.78, 5) is 0. The van der Waals surface area contributed by atoms with Crippen molar-refractivity contribution < 1.29 is 0 Å². The van der Waals surface area contributed by atoms with Gasteiger partial charge in [-0.25, -0.2) is 0 Å². The highest BCUT2D eigenvalue weighted by Gasteiger charge is 2.01. The van der Waals surface area contributed by atoms with Gasteiger partial charge >= 0.3 is 0 Å². The van der Waals surface area contributed by atoms with Crippen LogP contribution < -0.4 is 5.32 Å². The van der Waals surface area contributed by atoms with Crippen LogP contribution in [0.2, 0.25) is 5.02 Å². The molecule has 1 aromatic carbocycles. The quantitative estimate of drug-likeness (QED) is 0.939. The molecule has 0 spiro atoms. The zero-order chi connectivity index (χ0) is 12.3. The second-order valence-electron chi connectivity index (χ2n) is 3.82. The Morgan fingerprint density at radius 2 is 2.18 bits per heavy atom. The Labute approximate surface area is 114 Å². The standard InChI is InChI=1S/C12H13BrClN3/c1-17-5-4-11(16-17)8-15-7-9-2-3-10(13)6-12(9)14/h2-6,15H,7-8H2,1H3. The van der Waals surface area contributed by atoms with Crippen molar-refractivity contribution >= 4 is 27.5 Å². The average molecular weight is 315 g/mol. The minimum atomic E-state index is 0.739. The van der Waals surface area contributed by atoms with Gasteiger partial charge in [-0.15, -0.1) is 0 Å². The van der Waals surface area contributed by atoms with E-state index in [0.717, 1.165) is 33.8 Å². The second-order valence-corrected chi connectivity index (χ2v) is 5.14. The lowest BCUT2D eigenvalue weighted by Gasteiger charge is -2.05. The van der Waals surface area contributed by atoms with Crippen LogP contribution >= 0.6 is 27.5 Å². The normalized spacial score (nSPS) is 10.8. The summed E-state index contributed by atoms with van der Waals surface area (Å²) in [6.45, 7) is 1.48. The van der Waals surface area contributed by atoms with Crippen LogP contribution in [0.25, 0.3) is 0 Å². The van der Waals surface area contributed by atoms with Gasteiger partial charge in [0, 0.05) is 35.8 Å². The van der Waals surface area contributed by atoms with Gasteiger partial charge in [-0.1, -0.05) is 33.6 Å². The highest BCUT2D eigenvalue weighted by atomic mass is 79.9. The van der Waals surface area contributed by atoms with E-state index in [1.165, 1.54) is 0 Å². The van der Waals surface area contributed by atoms with Gasteiger partial charge in [-0.05, 0) is 23.8 Å². The van der Waals surface area contributed by atoms with Crippen LogP contribution in [-0.2, 0) is 20.1 Å². The molecule has 2 rings (SSSR count). The smallest absolute Gasteiger partial charge is 0.0762 e. The third-order valence-corrected chi connectivity index (χ3v) is 3.25. The van der Waals surface area contributed by atoms with Crippen molar-refractivity contribution in [3.63, 3.8) is 0 Å². The van der Waals surface area contributed by atoms with Crippen LogP contribution in [0.1, 0.15) is 11.3 Å². The van der Waals surface area contributed by atoms with E-state index in [-0.39, 0.29) is 0 Å². The molecular formula is C12H13BrClN3. The Balaban J connectivity index is 1.90. The zero-order valence-electron chi connectivity index (χ0n) is 9.45. The molecule has 3 nitrogen and oxygen atoms in total. The van der Waals surface area contributed by atoms with E-state index in [1.807, 2.05) is 37.5 Å². The van der Waals surface area contributed by atoms with Crippen molar-refractivity contribution in [3.05, 3.63) is 51.2 Å². The number of halogens is 2. The molecule has 0 atom stereocenters. The Morgan fingerprint density at radius 3 is 2.82 bits per heavy atom. The maximum absolute atomic E-state index is 6.13. The number of hydrogen-bond donors (Lipinski definition) is 1. The molecule has 0 aliphatic heterocycles. The van der Waals surface area contributed by atoms with E-state index in [2.05, 4.69) is 26.3 Å². The van der Waals surface area contributed by atoms with E-state index in [9.17, 15) is 0 Å². The van der Waals surface area contributed by atoms with Gasteiger partial charge in [-0.3, -0.25) is 4.68 Å². The lowest BCUT2D eigenvalue weighted by molar-refractivity contribution is 0.656. The van der Waals surface area contributed by atoms with Crippen LogP contribution in [-0.4, -0.2) is 9.78 Å². The fraction of sp³-hybridized carbons (Fsp3) is 0.250. The van der Waals surface area contributed by atoms with Crippen molar-refractivity contribution in [2.45, 2.75) is 13.1 Å². The number of nitrogens with one attached hydrogen (secondary N) is 1. The minimum Gasteiger partial charge on any atom is -0.307 e. The van der Waals surface area contributed by atoms with Gasteiger partial charge in [0.1, 0.15) is 0 Å². The van der Waals surface area contributed by atoms with Gasteiger partial charge in [0.25, 0.3) is 0 Å². The Hall–Kier alpha value is -0.840. The third kappa shape index (κ3) is 3.56. The van der Waals surface area contributed by atoms with Gasteiger partial charge in [-0.2, -0.15) is 5.10 Å². The van der Waals surface area contributed by atoms with E-state index in [1.54, 1.807) is 4.68 Å². The first-order chi connectivity index (χ1) is 8.15. The summed E-state index contributed by atoms with van der Waals surface area (Å²) in [5.41, 5.74) is 2.12. The molecule has 0 saturated heterocycles. The first-order valence-electron chi connectivity index (χ1n) is 5.28. The molecule has 1 heterocycles. The predicted molar refractivity (Wildman–Crippen MR) is 72.9 cm³/mol. The molecule has 0 aliphatic carbocycles. The van der Waals surface area contributed by atoms with Crippen LogP contribution in [0.5, 0.6) is 0 Å². The number of hydrogen-bond acceptors (Lipinski definition) is 2. The summed E-state index contributed by atoms with van der Waals surface area (Å²) >= 11 is 9.51. The second kappa shape index (κ2) is 5.67. The molecule has 0 radical (unpaired) electrons. The van der Waals surface area contributed by atoms with E-state index in [0.29, 0.717) is 0 Å². The monoisotopic (exact) mass is 313 g/mol. The molecule has 0 saturated carbocycles. The minimum absolute atomic E-state index is 0.739. The molecule has 90 valence electrons. The number of nitrogens with zero attached hydrogens (tertiary/aromatic N) is 2. The number of aromatic nitrogens is 2. The molecule has 1 N–H and O–H groups in total. The summed E-state index contributed by atoms with van der Waals surface area (Å²) in [7, 11) is 1.91. The molecule has 17 heavy (non-hydrogen) atoms. The fourth-order valence-electron chi connectivity index (χ4n) is 1.55. The van der Waals surface area contributed by atoms with E-state index < -0.39 is 0 Å². The highest BCUT2D eigenvalue weighted by molar-refractivity contribution is 9.10. The number of rotatable bonds is 4. The van der Waals surface area contributed by atoms with E-state index >= 15 is 0 Å². The zero-order valence-corrected chi connectivity index (χ0v) is 11.8. The molecule has 1 aromatic heterocycles. The maximum atomic E-state index is 6.13. The van der Waals surface area contributed by atoms with Gasteiger partial charge < -0.3 is 5.32 Å². The van der Waals surface area contributed by atoms with Gasteiger partial charge in [0.05, 0.1) is 5.69 Å². The van der Waals surface area contributed by atoms with Crippen LogP contribution in [0.4, 0.5) is 0 Å². The predicted octanol–water partition coefficient (Wildman–Crippen LogP) is 3.13. The summed E-state index contributed by atoms with van der Waals surface area (Å²) in [5.74, 6) is 0. The topological polar surface area (TPSA) is 29.9 Å². The van der Waals surface area contributed by atoms with Crippen molar-refractivity contribution in [1.82, 2.24) is 15.1 Å². The Bertz CT molecular complexity index is 510. The number of benzene rings is 1. The van der Waals surface area contributed by atoms with Gasteiger partial charge in [0.2, 0.25) is 0 Å². The molecule has 2 aromatic rings. The SMILES string of the molecule is Cn1ccc(CNCc2ccc(Br)cc2Cl)n1. The molecule has 0 fully saturated rings. The first kappa shape index (κ1) is 12.6. The molecule has 0 bridgehead atoms. The molecule has 0 unspecified atom stereocenters. The third-order valence-electron chi connectivity index (χ3n) is 2.41. The summed E-state index contributed by atoms with van der Waals surface area (Å²) < 4.78 is 2.79. The average Bonchev–Trinajstić information content (AvgIpc) is 2.68. The lowest BCUT2D eigenvalue weighted by Crippen LogP contribution is -2.13. The lowest BCUT2D eigenvalue weighted by atomic mass is 10.2. The van der Waals surface area contributed by atoms with Crippen molar-refractivity contribution in [3.8, 4) is 0 Å². The van der Waals surface area contributed by atoms with Crippen molar-refractivity contribution in [1.29, 1.82) is 0 Å². The molecular weight excluding hydrogens is 302 g/mol. The number of aryl methyl sites for hydroxylation is 1. The fourth-order valence-corrected chi connectivity index (χ4v) is 2.29. The Morgan fingerprint density at radius 1 is 1.35 bits per heavy atom. The van der Waals surface area contributed by atoms with Crippen LogP contribution in [0.15, 0.2) is 34.9 Å². The van der Waals surface area contributed by atoms with E-state index in [4.69, 9.17) is 11.6 Å². The maximum Gasteiger partial charge on any atom is 0.0762 e.